The molecule has 1 amide bonds. The molecule has 0 saturated heterocycles. The van der Waals surface area contributed by atoms with Gasteiger partial charge in [0.05, 0.1) is 23.7 Å². The zero-order valence-electron chi connectivity index (χ0n) is 14.0. The molecule has 3 rings (SSSR count). The predicted molar refractivity (Wildman–Crippen MR) is 102 cm³/mol. The smallest absolute Gasteiger partial charge is 0.256 e. The Kier molecular flexibility index (Phi) is 5.16. The summed E-state index contributed by atoms with van der Waals surface area (Å²) in [5, 5.41) is 24.7. The molecule has 128 valence electrons. The first-order chi connectivity index (χ1) is 12.6. The number of rotatable bonds is 4. The molecule has 0 saturated carbocycles. The zero-order chi connectivity index (χ0) is 18.7. The van der Waals surface area contributed by atoms with E-state index < -0.39 is 17.8 Å². The molecule has 5 nitrogen and oxygen atoms in total. The minimum absolute atomic E-state index is 0.225. The van der Waals surface area contributed by atoms with Crippen molar-refractivity contribution in [3.05, 3.63) is 64.6 Å². The van der Waals surface area contributed by atoms with E-state index >= 15 is 0 Å². The summed E-state index contributed by atoms with van der Waals surface area (Å²) in [6, 6.07) is 20.6. The Morgan fingerprint density at radius 1 is 1.08 bits per heavy atom. The summed E-state index contributed by atoms with van der Waals surface area (Å²) in [4.78, 5) is 13.1. The van der Waals surface area contributed by atoms with E-state index in [9.17, 15) is 15.3 Å². The van der Waals surface area contributed by atoms with Gasteiger partial charge in [0.25, 0.3) is 5.91 Å². The Balaban J connectivity index is 2.04. The van der Waals surface area contributed by atoms with Crippen molar-refractivity contribution in [3.8, 4) is 12.1 Å². The van der Waals surface area contributed by atoms with Gasteiger partial charge in [0.1, 0.15) is 5.92 Å². The van der Waals surface area contributed by atoms with Gasteiger partial charge in [0.2, 0.25) is 0 Å². The second kappa shape index (κ2) is 7.51. The van der Waals surface area contributed by atoms with Gasteiger partial charge in [-0.15, -0.1) is 0 Å². The van der Waals surface area contributed by atoms with Crippen LogP contribution in [0, 0.1) is 34.5 Å². The second-order valence-corrected chi connectivity index (χ2v) is 6.93. The number of halogens is 1. The highest BCUT2D eigenvalue weighted by molar-refractivity contribution is 9.10. The average molecular weight is 407 g/mol. The van der Waals surface area contributed by atoms with Crippen LogP contribution in [-0.4, -0.2) is 11.6 Å². The largest absolute Gasteiger partial charge is 0.272 e. The fourth-order valence-corrected chi connectivity index (χ4v) is 3.46. The van der Waals surface area contributed by atoms with Crippen LogP contribution >= 0.6 is 15.9 Å². The summed E-state index contributed by atoms with van der Waals surface area (Å²) < 4.78 is 0.888. The van der Waals surface area contributed by atoms with E-state index in [1.54, 1.807) is 19.1 Å². The molecular weight excluding hydrogens is 392 g/mol. The van der Waals surface area contributed by atoms with E-state index in [-0.39, 0.29) is 5.91 Å². The fourth-order valence-electron chi connectivity index (χ4n) is 3.20. The second-order valence-electron chi connectivity index (χ2n) is 6.02. The Hall–Kier alpha value is -2.96. The Morgan fingerprint density at radius 3 is 2.27 bits per heavy atom. The molecule has 0 aliphatic carbocycles. The lowest BCUT2D eigenvalue weighted by Crippen LogP contribution is -2.34. The third-order valence-electron chi connectivity index (χ3n) is 4.43. The van der Waals surface area contributed by atoms with Crippen LogP contribution in [0.4, 0.5) is 5.69 Å². The first-order valence-corrected chi connectivity index (χ1v) is 8.85. The van der Waals surface area contributed by atoms with Crippen LogP contribution in [0.15, 0.2) is 64.2 Å². The van der Waals surface area contributed by atoms with Crippen molar-refractivity contribution in [2.24, 2.45) is 16.9 Å². The standard InChI is InChI=1S/C20H15BrN4O/c1-13-18(20(26)25(24-13)17-5-3-2-4-6-17)19(15(11-22)12-23)14-7-9-16(21)10-8-14/h2-10,15,18-19H,1H3/t18-,19-/m0/s1. The van der Waals surface area contributed by atoms with Gasteiger partial charge in [-0.2, -0.15) is 15.6 Å². The van der Waals surface area contributed by atoms with Crippen molar-refractivity contribution in [2.45, 2.75) is 12.8 Å². The van der Waals surface area contributed by atoms with Gasteiger partial charge < -0.3 is 0 Å². The van der Waals surface area contributed by atoms with Crippen molar-refractivity contribution in [3.63, 3.8) is 0 Å². The van der Waals surface area contributed by atoms with E-state index in [1.807, 2.05) is 54.6 Å². The molecule has 1 aliphatic rings. The number of para-hydroxylation sites is 1. The maximum absolute atomic E-state index is 13.1. The molecule has 0 radical (unpaired) electrons. The fraction of sp³-hybridized carbons (Fsp3) is 0.200. The van der Waals surface area contributed by atoms with Crippen molar-refractivity contribution in [1.82, 2.24) is 0 Å². The number of carbonyl (C=O) groups excluding carboxylic acids is 1. The molecule has 1 aliphatic heterocycles. The van der Waals surface area contributed by atoms with Gasteiger partial charge in [-0.3, -0.25) is 4.79 Å². The number of hydrazone groups is 1. The van der Waals surface area contributed by atoms with Crippen LogP contribution in [0.2, 0.25) is 0 Å². The lowest BCUT2D eigenvalue weighted by Gasteiger charge is -2.24. The first kappa shape index (κ1) is 17.8. The molecule has 2 atom stereocenters. The maximum Gasteiger partial charge on any atom is 0.256 e. The molecule has 0 bridgehead atoms. The van der Waals surface area contributed by atoms with Crippen LogP contribution in [0.25, 0.3) is 0 Å². The molecule has 6 heteroatoms. The van der Waals surface area contributed by atoms with Crippen LogP contribution in [0.1, 0.15) is 18.4 Å². The Labute approximate surface area is 160 Å². The number of hydrogen-bond acceptors (Lipinski definition) is 4. The van der Waals surface area contributed by atoms with Gasteiger partial charge >= 0.3 is 0 Å². The SMILES string of the molecule is CC1=NN(c2ccccc2)C(=O)[C@@H]1[C@@H](c1ccc(Br)cc1)C(C#N)C#N. The number of benzene rings is 2. The lowest BCUT2D eigenvalue weighted by molar-refractivity contribution is -0.120. The van der Waals surface area contributed by atoms with Crippen molar-refractivity contribution in [2.75, 3.05) is 5.01 Å². The number of nitriles is 2. The van der Waals surface area contributed by atoms with E-state index in [2.05, 4.69) is 21.0 Å². The number of carbonyl (C=O) groups is 1. The molecule has 1 heterocycles. The quantitative estimate of drug-likeness (QED) is 0.761. The molecular formula is C20H15BrN4O. The topological polar surface area (TPSA) is 80.2 Å². The lowest BCUT2D eigenvalue weighted by atomic mass is 9.76. The third-order valence-corrected chi connectivity index (χ3v) is 4.96. The number of nitrogens with zero attached hydrogens (tertiary/aromatic N) is 4. The van der Waals surface area contributed by atoms with Gasteiger partial charge in [0, 0.05) is 16.1 Å². The predicted octanol–water partition coefficient (Wildman–Crippen LogP) is 4.23. The highest BCUT2D eigenvalue weighted by Crippen LogP contribution is 2.38. The molecule has 0 fully saturated rings. The summed E-state index contributed by atoms with van der Waals surface area (Å²) in [7, 11) is 0. The zero-order valence-corrected chi connectivity index (χ0v) is 15.6. The van der Waals surface area contributed by atoms with Crippen LogP contribution < -0.4 is 5.01 Å². The maximum atomic E-state index is 13.1. The number of amides is 1. The summed E-state index contributed by atoms with van der Waals surface area (Å²) in [6.07, 6.45) is 0. The molecule has 0 aromatic heterocycles. The number of hydrogen-bond donors (Lipinski definition) is 0. The van der Waals surface area contributed by atoms with Gasteiger partial charge in [0.15, 0.2) is 0 Å². The summed E-state index contributed by atoms with van der Waals surface area (Å²) in [5.74, 6) is -2.41. The normalized spacial score (nSPS) is 17.6. The van der Waals surface area contributed by atoms with Crippen molar-refractivity contribution in [1.29, 1.82) is 10.5 Å². The van der Waals surface area contributed by atoms with Gasteiger partial charge in [-0.05, 0) is 36.8 Å². The van der Waals surface area contributed by atoms with Crippen molar-refractivity contribution >= 4 is 33.2 Å². The first-order valence-electron chi connectivity index (χ1n) is 8.05. The van der Waals surface area contributed by atoms with E-state index in [4.69, 9.17) is 0 Å². The number of anilines is 1. The molecule has 26 heavy (non-hydrogen) atoms. The third kappa shape index (κ3) is 3.24. The monoisotopic (exact) mass is 406 g/mol. The molecule has 2 aromatic carbocycles. The minimum atomic E-state index is -0.953. The van der Waals surface area contributed by atoms with Gasteiger partial charge in [-0.1, -0.05) is 46.3 Å². The Bertz CT molecular complexity index is 911. The highest BCUT2D eigenvalue weighted by Gasteiger charge is 2.44. The van der Waals surface area contributed by atoms with Crippen LogP contribution in [0.3, 0.4) is 0 Å². The van der Waals surface area contributed by atoms with E-state index in [0.29, 0.717) is 11.4 Å². The molecule has 0 spiro atoms. The minimum Gasteiger partial charge on any atom is -0.272 e. The van der Waals surface area contributed by atoms with E-state index in [1.165, 1.54) is 5.01 Å². The van der Waals surface area contributed by atoms with Crippen LogP contribution in [0.5, 0.6) is 0 Å². The molecule has 0 N–H and O–H groups in total. The van der Waals surface area contributed by atoms with Crippen molar-refractivity contribution < 1.29 is 4.79 Å². The van der Waals surface area contributed by atoms with Crippen LogP contribution in [-0.2, 0) is 4.79 Å². The highest BCUT2D eigenvalue weighted by atomic mass is 79.9. The van der Waals surface area contributed by atoms with E-state index in [0.717, 1.165) is 10.0 Å². The summed E-state index contributed by atoms with van der Waals surface area (Å²) in [6.45, 7) is 1.77. The Morgan fingerprint density at radius 2 is 1.69 bits per heavy atom. The van der Waals surface area contributed by atoms with Gasteiger partial charge in [-0.25, -0.2) is 5.01 Å². The molecule has 0 unspecified atom stereocenters. The molecule has 2 aromatic rings. The average Bonchev–Trinajstić information content (AvgIpc) is 2.96. The summed E-state index contributed by atoms with van der Waals surface area (Å²) in [5.41, 5.74) is 2.03. The summed E-state index contributed by atoms with van der Waals surface area (Å²) >= 11 is 3.38.